The van der Waals surface area contributed by atoms with E-state index in [2.05, 4.69) is 20.5 Å². The van der Waals surface area contributed by atoms with Crippen LogP contribution in [0.4, 0.5) is 24.7 Å². The van der Waals surface area contributed by atoms with Gasteiger partial charge in [-0.15, -0.1) is 0 Å². The minimum absolute atomic E-state index is 0.00990. The van der Waals surface area contributed by atoms with E-state index in [0.29, 0.717) is 24.2 Å². The normalized spacial score (nSPS) is 18.9. The average molecular weight is 484 g/mol. The van der Waals surface area contributed by atoms with Gasteiger partial charge < -0.3 is 15.5 Å². The van der Waals surface area contributed by atoms with Crippen LogP contribution in [-0.4, -0.2) is 34.4 Å². The lowest BCUT2D eigenvalue weighted by atomic mass is 9.98. The minimum Gasteiger partial charge on any atom is -0.372 e. The van der Waals surface area contributed by atoms with Crippen LogP contribution in [0.5, 0.6) is 0 Å². The van der Waals surface area contributed by atoms with E-state index in [9.17, 15) is 18.0 Å². The number of carbonyl (C=O) groups excluding carboxylic acids is 1. The molecule has 1 unspecified atom stereocenters. The van der Waals surface area contributed by atoms with Crippen molar-refractivity contribution in [3.8, 4) is 0 Å². The predicted octanol–water partition coefficient (Wildman–Crippen LogP) is 5.62. The number of amides is 1. The molecule has 0 spiro atoms. The average Bonchev–Trinajstić information content (AvgIpc) is 3.32. The molecule has 9 heteroatoms. The number of carbonyl (C=O) groups is 1. The fourth-order valence-corrected chi connectivity index (χ4v) is 4.74. The maximum atomic E-state index is 13.0. The summed E-state index contributed by atoms with van der Waals surface area (Å²) in [4.78, 5) is 18.8. The summed E-state index contributed by atoms with van der Waals surface area (Å²) in [7, 11) is 0. The number of pyridine rings is 1. The summed E-state index contributed by atoms with van der Waals surface area (Å²) in [5.74, 6) is 0.431. The molecule has 5 rings (SSSR count). The number of fused-ring (bicyclic) bond motifs is 1. The molecule has 0 bridgehead atoms. The van der Waals surface area contributed by atoms with E-state index in [4.69, 9.17) is 0 Å². The number of imidazole rings is 1. The van der Waals surface area contributed by atoms with Crippen LogP contribution in [0, 0.1) is 0 Å². The number of piperidine rings is 1. The molecule has 2 aliphatic rings. The van der Waals surface area contributed by atoms with Crippen LogP contribution < -0.4 is 15.5 Å². The highest BCUT2D eigenvalue weighted by molar-refractivity contribution is 5.94. The van der Waals surface area contributed by atoms with Gasteiger partial charge in [-0.25, -0.2) is 4.98 Å². The second-order valence-electron chi connectivity index (χ2n) is 9.16. The third-order valence-electron chi connectivity index (χ3n) is 6.67. The number of aromatic nitrogens is 2. The Kier molecular flexibility index (Phi) is 6.40. The molecule has 2 N–H and O–H groups in total. The van der Waals surface area contributed by atoms with Gasteiger partial charge in [-0.3, -0.25) is 9.20 Å². The first-order valence-electron chi connectivity index (χ1n) is 12.0. The van der Waals surface area contributed by atoms with Gasteiger partial charge in [-0.1, -0.05) is 12.1 Å². The summed E-state index contributed by atoms with van der Waals surface area (Å²) in [6.07, 6.45) is 4.26. The fourth-order valence-electron chi connectivity index (χ4n) is 4.74. The van der Waals surface area contributed by atoms with Crippen molar-refractivity contribution in [3.05, 3.63) is 71.7 Å². The lowest BCUT2D eigenvalue weighted by Gasteiger charge is -2.29. The lowest BCUT2D eigenvalue weighted by Crippen LogP contribution is -2.36. The Balaban J connectivity index is 1.19. The Hall–Kier alpha value is -3.49. The van der Waals surface area contributed by atoms with Crippen LogP contribution in [0.1, 0.15) is 54.6 Å². The van der Waals surface area contributed by atoms with Gasteiger partial charge in [-0.2, -0.15) is 13.2 Å². The number of benzene rings is 1. The second kappa shape index (κ2) is 9.64. The van der Waals surface area contributed by atoms with Gasteiger partial charge >= 0.3 is 6.18 Å². The monoisotopic (exact) mass is 483 g/mol. The number of nitrogens with zero attached hydrogens (tertiary/aromatic N) is 3. The molecule has 0 saturated carbocycles. The van der Waals surface area contributed by atoms with Crippen LogP contribution in [0.2, 0.25) is 0 Å². The molecule has 0 radical (unpaired) electrons. The number of hydrogen-bond donors (Lipinski definition) is 2. The molecule has 3 heterocycles. The van der Waals surface area contributed by atoms with Gasteiger partial charge in [-0.05, 0) is 74.9 Å². The van der Waals surface area contributed by atoms with Gasteiger partial charge in [0.2, 0.25) is 0 Å². The number of alkyl halides is 3. The number of rotatable bonds is 5. The van der Waals surface area contributed by atoms with Crippen molar-refractivity contribution in [1.29, 1.82) is 0 Å². The van der Waals surface area contributed by atoms with E-state index in [1.807, 2.05) is 30.3 Å². The van der Waals surface area contributed by atoms with Crippen molar-refractivity contribution < 1.29 is 18.0 Å². The van der Waals surface area contributed by atoms with E-state index in [1.165, 1.54) is 23.7 Å². The zero-order valence-electron chi connectivity index (χ0n) is 19.3. The fraction of sp³-hybridized carbons (Fsp3) is 0.385. The molecule has 1 aromatic carbocycles. The molecule has 3 aromatic rings. The number of hydrogen-bond acceptors (Lipinski definition) is 4. The Morgan fingerprint density at radius 2 is 1.80 bits per heavy atom. The number of nitrogens with one attached hydrogen (secondary N) is 2. The standard InChI is InChI=1S/C26H28F3N5O/c27-26(28,29)22-17-34-23(5-4-6-24(34)32-22)30-19-9-11-20(12-10-19)31-25(35)18-7-13-21(14-8-18)33-15-2-1-3-16-33/h4-9,13-14,17,20,30H,1-3,10-12,15-16H2,(H,31,35). The smallest absolute Gasteiger partial charge is 0.372 e. The van der Waals surface area contributed by atoms with Crippen molar-refractivity contribution in [2.75, 3.05) is 23.3 Å². The highest BCUT2D eigenvalue weighted by atomic mass is 19.4. The lowest BCUT2D eigenvalue weighted by molar-refractivity contribution is -0.140. The predicted molar refractivity (Wildman–Crippen MR) is 130 cm³/mol. The number of allylic oxidation sites excluding steroid dienone is 1. The Labute approximate surface area is 201 Å². The van der Waals surface area contributed by atoms with Gasteiger partial charge in [0.05, 0.1) is 0 Å². The number of halogens is 3. The highest BCUT2D eigenvalue weighted by Crippen LogP contribution is 2.30. The number of anilines is 2. The maximum absolute atomic E-state index is 13.0. The van der Waals surface area contributed by atoms with E-state index in [-0.39, 0.29) is 17.6 Å². The molecule has 1 saturated heterocycles. The maximum Gasteiger partial charge on any atom is 0.434 e. The third-order valence-corrected chi connectivity index (χ3v) is 6.67. The van der Waals surface area contributed by atoms with Gasteiger partial charge in [0.25, 0.3) is 5.91 Å². The van der Waals surface area contributed by atoms with Gasteiger partial charge in [0, 0.05) is 42.3 Å². The van der Waals surface area contributed by atoms with Crippen LogP contribution in [-0.2, 0) is 6.18 Å². The Morgan fingerprint density at radius 1 is 1.03 bits per heavy atom. The van der Waals surface area contributed by atoms with Crippen molar-refractivity contribution in [2.45, 2.75) is 50.7 Å². The van der Waals surface area contributed by atoms with Crippen LogP contribution in [0.3, 0.4) is 0 Å². The third kappa shape index (κ3) is 5.28. The first-order valence-corrected chi connectivity index (χ1v) is 12.0. The summed E-state index contributed by atoms with van der Waals surface area (Å²) in [6.45, 7) is 2.13. The second-order valence-corrected chi connectivity index (χ2v) is 9.16. The summed E-state index contributed by atoms with van der Waals surface area (Å²) < 4.78 is 40.5. The molecule has 1 aliphatic heterocycles. The first kappa shape index (κ1) is 23.3. The van der Waals surface area contributed by atoms with E-state index < -0.39 is 11.9 Å². The van der Waals surface area contributed by atoms with Crippen LogP contribution >= 0.6 is 0 Å². The van der Waals surface area contributed by atoms with Crippen molar-refractivity contribution in [3.63, 3.8) is 0 Å². The summed E-state index contributed by atoms with van der Waals surface area (Å²) in [6, 6.07) is 12.7. The van der Waals surface area contributed by atoms with Crippen molar-refractivity contribution in [2.24, 2.45) is 0 Å². The van der Waals surface area contributed by atoms with E-state index >= 15 is 0 Å². The van der Waals surface area contributed by atoms with Crippen LogP contribution in [0.15, 0.2) is 60.4 Å². The topological polar surface area (TPSA) is 61.7 Å². The molecule has 1 atom stereocenters. The summed E-state index contributed by atoms with van der Waals surface area (Å²) in [5.41, 5.74) is 2.03. The largest absolute Gasteiger partial charge is 0.434 e. The molecular weight excluding hydrogens is 455 g/mol. The van der Waals surface area contributed by atoms with E-state index in [0.717, 1.165) is 37.1 Å². The summed E-state index contributed by atoms with van der Waals surface area (Å²) >= 11 is 0. The van der Waals surface area contributed by atoms with Gasteiger partial charge in [0.15, 0.2) is 5.69 Å². The Bertz CT molecular complexity index is 1230. The molecule has 6 nitrogen and oxygen atoms in total. The zero-order chi connectivity index (χ0) is 24.4. The highest BCUT2D eigenvalue weighted by Gasteiger charge is 2.34. The van der Waals surface area contributed by atoms with Crippen molar-refractivity contribution >= 4 is 23.1 Å². The molecule has 1 amide bonds. The molecule has 1 aliphatic carbocycles. The quantitative estimate of drug-likeness (QED) is 0.494. The van der Waals surface area contributed by atoms with E-state index in [1.54, 1.807) is 18.2 Å². The van der Waals surface area contributed by atoms with Crippen molar-refractivity contribution in [1.82, 2.24) is 14.7 Å². The molecule has 2 aromatic heterocycles. The molecule has 184 valence electrons. The summed E-state index contributed by atoms with van der Waals surface area (Å²) in [5, 5.41) is 6.33. The molecule has 1 fully saturated rings. The Morgan fingerprint density at radius 3 is 2.49 bits per heavy atom. The molecule has 35 heavy (non-hydrogen) atoms. The SMILES string of the molecule is O=C(NC1CC=C(Nc2cccc3nc(C(F)(F)F)cn23)CC1)c1ccc(N2CCCCC2)cc1. The zero-order valence-corrected chi connectivity index (χ0v) is 19.3. The van der Waals surface area contributed by atoms with Gasteiger partial charge in [0.1, 0.15) is 11.5 Å². The first-order chi connectivity index (χ1) is 16.9. The van der Waals surface area contributed by atoms with Crippen LogP contribution in [0.25, 0.3) is 5.65 Å². The molecular formula is C26H28F3N5O. The minimum atomic E-state index is -4.49.